The summed E-state index contributed by atoms with van der Waals surface area (Å²) in [6.07, 6.45) is 4.75. The van der Waals surface area contributed by atoms with Crippen LogP contribution < -0.4 is 10.6 Å². The fraction of sp³-hybridized carbons (Fsp3) is 0.533. The fourth-order valence-corrected chi connectivity index (χ4v) is 2.22. The molecule has 2 rings (SSSR count). The van der Waals surface area contributed by atoms with E-state index in [1.807, 2.05) is 20.8 Å². The predicted octanol–water partition coefficient (Wildman–Crippen LogP) is 1.98. The van der Waals surface area contributed by atoms with Crippen LogP contribution in [0, 0.1) is 6.92 Å². The van der Waals surface area contributed by atoms with Crippen LogP contribution in [0.25, 0.3) is 0 Å². The Morgan fingerprint density at radius 1 is 1.48 bits per heavy atom. The second-order valence-corrected chi connectivity index (χ2v) is 5.37. The van der Waals surface area contributed by atoms with Gasteiger partial charge in [-0.1, -0.05) is 25.5 Å². The number of halogens is 1. The number of hydrogen-bond acceptors (Lipinski definition) is 4. The van der Waals surface area contributed by atoms with E-state index in [9.17, 15) is 4.79 Å². The zero-order valence-electron chi connectivity index (χ0n) is 12.8. The third-order valence-corrected chi connectivity index (χ3v) is 3.36. The van der Waals surface area contributed by atoms with Crippen molar-refractivity contribution in [3.05, 3.63) is 34.9 Å². The van der Waals surface area contributed by atoms with Crippen molar-refractivity contribution in [2.75, 3.05) is 19.6 Å². The van der Waals surface area contributed by atoms with E-state index in [0.29, 0.717) is 17.9 Å². The highest BCUT2D eigenvalue weighted by Gasteiger charge is 2.16. The van der Waals surface area contributed by atoms with Gasteiger partial charge in [0, 0.05) is 19.3 Å². The molecule has 21 heavy (non-hydrogen) atoms. The second kappa shape index (κ2) is 8.10. The lowest BCUT2D eigenvalue weighted by Gasteiger charge is -2.16. The first-order valence-corrected chi connectivity index (χ1v) is 7.08. The van der Waals surface area contributed by atoms with Crippen LogP contribution in [0.4, 0.5) is 0 Å². The molecule has 2 N–H and O–H groups in total. The Balaban J connectivity index is 0.00000220. The standard InChI is InChI=1S/C15H22N4O.ClH/c1-10(2)14-13(9-17-11(3)19-14)15(20)18-8-12-4-6-16-7-5-12;/h4,9-10,16H,5-8H2,1-3H3,(H,18,20);1H. The Hall–Kier alpha value is -1.46. The molecule has 0 spiro atoms. The molecule has 0 radical (unpaired) electrons. The van der Waals surface area contributed by atoms with Crippen molar-refractivity contribution in [3.8, 4) is 0 Å². The number of aromatic nitrogens is 2. The Bertz CT molecular complexity index is 528. The van der Waals surface area contributed by atoms with Crippen molar-refractivity contribution < 1.29 is 4.79 Å². The molecule has 1 aromatic heterocycles. The minimum atomic E-state index is -0.0897. The largest absolute Gasteiger partial charge is 0.348 e. The maximum absolute atomic E-state index is 12.3. The van der Waals surface area contributed by atoms with E-state index in [2.05, 4.69) is 26.7 Å². The normalized spacial score (nSPS) is 14.4. The highest BCUT2D eigenvalue weighted by molar-refractivity contribution is 5.95. The van der Waals surface area contributed by atoms with Gasteiger partial charge in [0.2, 0.25) is 0 Å². The van der Waals surface area contributed by atoms with Gasteiger partial charge >= 0.3 is 0 Å². The molecule has 0 unspecified atom stereocenters. The molecule has 1 aromatic rings. The van der Waals surface area contributed by atoms with Crippen LogP contribution in [-0.2, 0) is 0 Å². The molecule has 6 heteroatoms. The van der Waals surface area contributed by atoms with Gasteiger partial charge in [-0.2, -0.15) is 0 Å². The summed E-state index contributed by atoms with van der Waals surface area (Å²) in [7, 11) is 0. The molecule has 1 aliphatic rings. The van der Waals surface area contributed by atoms with Crippen LogP contribution in [0.1, 0.15) is 48.1 Å². The number of amides is 1. The van der Waals surface area contributed by atoms with Crippen molar-refractivity contribution in [2.24, 2.45) is 0 Å². The summed E-state index contributed by atoms with van der Waals surface area (Å²) in [4.78, 5) is 20.8. The first kappa shape index (κ1) is 17.6. The molecule has 0 atom stereocenters. The summed E-state index contributed by atoms with van der Waals surface area (Å²) in [6.45, 7) is 8.38. The van der Waals surface area contributed by atoms with Gasteiger partial charge in [0.1, 0.15) is 5.82 Å². The first-order chi connectivity index (χ1) is 9.58. The highest BCUT2D eigenvalue weighted by Crippen LogP contribution is 2.16. The number of carbonyl (C=O) groups excluding carboxylic acids is 1. The summed E-state index contributed by atoms with van der Waals surface area (Å²) in [5, 5.41) is 6.22. The molecule has 0 aliphatic carbocycles. The van der Waals surface area contributed by atoms with Gasteiger partial charge in [-0.05, 0) is 25.8 Å². The monoisotopic (exact) mass is 310 g/mol. The molecule has 0 saturated heterocycles. The van der Waals surface area contributed by atoms with Gasteiger partial charge in [0.05, 0.1) is 11.3 Å². The van der Waals surface area contributed by atoms with Gasteiger partial charge in [-0.3, -0.25) is 4.79 Å². The van der Waals surface area contributed by atoms with E-state index >= 15 is 0 Å². The van der Waals surface area contributed by atoms with Crippen molar-refractivity contribution >= 4 is 18.3 Å². The molecule has 2 heterocycles. The zero-order chi connectivity index (χ0) is 14.5. The second-order valence-electron chi connectivity index (χ2n) is 5.37. The van der Waals surface area contributed by atoms with E-state index in [4.69, 9.17) is 0 Å². The maximum Gasteiger partial charge on any atom is 0.254 e. The molecule has 0 saturated carbocycles. The van der Waals surface area contributed by atoms with Gasteiger partial charge in [-0.15, -0.1) is 12.4 Å². The Kier molecular flexibility index (Phi) is 6.78. The lowest BCUT2D eigenvalue weighted by molar-refractivity contribution is 0.0954. The van der Waals surface area contributed by atoms with E-state index in [1.54, 1.807) is 6.20 Å². The highest BCUT2D eigenvalue weighted by atomic mass is 35.5. The summed E-state index contributed by atoms with van der Waals surface area (Å²) < 4.78 is 0. The summed E-state index contributed by atoms with van der Waals surface area (Å²) in [5.74, 6) is 0.815. The molecular formula is C15H23ClN4O. The van der Waals surface area contributed by atoms with Gasteiger partial charge in [-0.25, -0.2) is 9.97 Å². The van der Waals surface area contributed by atoms with Gasteiger partial charge in [0.25, 0.3) is 5.91 Å². The Labute approximate surface area is 132 Å². The number of hydrogen-bond donors (Lipinski definition) is 2. The van der Waals surface area contributed by atoms with Crippen LogP contribution in [0.15, 0.2) is 17.8 Å². The number of carbonyl (C=O) groups is 1. The molecule has 5 nitrogen and oxygen atoms in total. The fourth-order valence-electron chi connectivity index (χ4n) is 2.22. The van der Waals surface area contributed by atoms with E-state index in [1.165, 1.54) is 5.57 Å². The predicted molar refractivity (Wildman–Crippen MR) is 86.0 cm³/mol. The minimum absolute atomic E-state index is 0. The van der Waals surface area contributed by atoms with Crippen molar-refractivity contribution in [1.82, 2.24) is 20.6 Å². The average Bonchev–Trinajstić information content (AvgIpc) is 2.45. The molecular weight excluding hydrogens is 288 g/mol. The third kappa shape index (κ3) is 4.79. The summed E-state index contributed by atoms with van der Waals surface area (Å²) in [5.41, 5.74) is 2.67. The Morgan fingerprint density at radius 3 is 2.86 bits per heavy atom. The molecule has 116 valence electrons. The average molecular weight is 311 g/mol. The number of rotatable bonds is 4. The SMILES string of the molecule is Cc1ncc(C(=O)NCC2=CCNCC2)c(C(C)C)n1.Cl. The maximum atomic E-state index is 12.3. The van der Waals surface area contributed by atoms with E-state index in [-0.39, 0.29) is 24.2 Å². The minimum Gasteiger partial charge on any atom is -0.348 e. The zero-order valence-corrected chi connectivity index (χ0v) is 13.6. The van der Waals surface area contributed by atoms with Crippen LogP contribution in [0.5, 0.6) is 0 Å². The smallest absolute Gasteiger partial charge is 0.254 e. The molecule has 1 amide bonds. The first-order valence-electron chi connectivity index (χ1n) is 7.08. The van der Waals surface area contributed by atoms with Crippen molar-refractivity contribution in [1.29, 1.82) is 0 Å². The number of aryl methyl sites for hydroxylation is 1. The van der Waals surface area contributed by atoms with Crippen LogP contribution >= 0.6 is 12.4 Å². The summed E-state index contributed by atoms with van der Waals surface area (Å²) >= 11 is 0. The van der Waals surface area contributed by atoms with Crippen LogP contribution in [0.3, 0.4) is 0 Å². The number of nitrogens with zero attached hydrogens (tertiary/aromatic N) is 2. The quantitative estimate of drug-likeness (QED) is 0.835. The number of nitrogens with one attached hydrogen (secondary N) is 2. The van der Waals surface area contributed by atoms with Crippen molar-refractivity contribution in [3.63, 3.8) is 0 Å². The summed E-state index contributed by atoms with van der Waals surface area (Å²) in [6, 6.07) is 0. The van der Waals surface area contributed by atoms with E-state index in [0.717, 1.165) is 25.2 Å². The molecule has 0 aromatic carbocycles. The van der Waals surface area contributed by atoms with Crippen molar-refractivity contribution in [2.45, 2.75) is 33.1 Å². The molecule has 1 aliphatic heterocycles. The molecule has 0 fully saturated rings. The van der Waals surface area contributed by atoms with Gasteiger partial charge in [0.15, 0.2) is 0 Å². The van der Waals surface area contributed by atoms with E-state index < -0.39 is 0 Å². The van der Waals surface area contributed by atoms with Gasteiger partial charge < -0.3 is 10.6 Å². The van der Waals surface area contributed by atoms with Crippen LogP contribution in [-0.4, -0.2) is 35.5 Å². The lowest BCUT2D eigenvalue weighted by atomic mass is 10.0. The topological polar surface area (TPSA) is 66.9 Å². The Morgan fingerprint density at radius 2 is 2.24 bits per heavy atom. The van der Waals surface area contributed by atoms with Crippen LogP contribution in [0.2, 0.25) is 0 Å². The molecule has 0 bridgehead atoms. The lowest BCUT2D eigenvalue weighted by Crippen LogP contribution is -2.30. The third-order valence-electron chi connectivity index (χ3n) is 3.36.